The molecule has 2 saturated heterocycles. The smallest absolute Gasteiger partial charge is 0.248 e. The normalized spacial score (nSPS) is 25.9. The number of likely N-dealkylation sites (tertiary alicyclic amines) is 1. The summed E-state index contributed by atoms with van der Waals surface area (Å²) in [7, 11) is 0. The molecule has 3 unspecified atom stereocenters. The van der Waals surface area contributed by atoms with Gasteiger partial charge in [-0.3, -0.25) is 24.1 Å². The van der Waals surface area contributed by atoms with Gasteiger partial charge in [-0.1, -0.05) is 0 Å². The first kappa shape index (κ1) is 20.0. The van der Waals surface area contributed by atoms with Crippen LogP contribution < -0.4 is 16.1 Å². The van der Waals surface area contributed by atoms with Crippen molar-refractivity contribution < 1.29 is 24.0 Å². The van der Waals surface area contributed by atoms with Crippen molar-refractivity contribution in [1.29, 1.82) is 0 Å². The highest BCUT2D eigenvalue weighted by Crippen LogP contribution is 2.20. The van der Waals surface area contributed by atoms with Crippen molar-refractivity contribution >= 4 is 29.9 Å². The Labute approximate surface area is 151 Å². The maximum Gasteiger partial charge on any atom is 0.248 e. The van der Waals surface area contributed by atoms with Crippen LogP contribution >= 0.6 is 0 Å². The van der Waals surface area contributed by atoms with Crippen LogP contribution in [0, 0.1) is 0 Å². The molecular formula is C16H25N5O5. The van der Waals surface area contributed by atoms with Crippen molar-refractivity contribution in [2.24, 2.45) is 0 Å². The van der Waals surface area contributed by atoms with E-state index in [1.165, 1.54) is 13.8 Å². The third-order valence-electron chi connectivity index (χ3n) is 4.51. The predicted molar refractivity (Wildman–Crippen MR) is 90.1 cm³/mol. The third-order valence-corrected chi connectivity index (χ3v) is 4.51. The molecule has 144 valence electrons. The van der Waals surface area contributed by atoms with Gasteiger partial charge in [-0.2, -0.15) is 0 Å². The summed E-state index contributed by atoms with van der Waals surface area (Å²) in [5, 5.41) is 6.71. The van der Waals surface area contributed by atoms with Crippen LogP contribution in [0.4, 0.5) is 0 Å². The van der Waals surface area contributed by atoms with E-state index in [1.54, 1.807) is 11.9 Å². The molecule has 2 aliphatic heterocycles. The lowest BCUT2D eigenvalue weighted by Crippen LogP contribution is -2.55. The molecule has 0 aromatic heterocycles. The SMILES string of the molecule is CC(=O)NC(C)NC(=O)C(C)N1C(=O)CC(NN2CCC[C@H]2C=O)C1=O. The molecule has 4 atom stereocenters. The Morgan fingerprint density at radius 1 is 1.23 bits per heavy atom. The van der Waals surface area contributed by atoms with Crippen LogP contribution in [0.25, 0.3) is 0 Å². The van der Waals surface area contributed by atoms with E-state index in [-0.39, 0.29) is 18.4 Å². The molecule has 0 aromatic carbocycles. The third kappa shape index (κ3) is 4.44. The van der Waals surface area contributed by atoms with Gasteiger partial charge >= 0.3 is 0 Å². The number of carbonyl (C=O) groups is 5. The number of rotatable bonds is 7. The van der Waals surface area contributed by atoms with Crippen LogP contribution in [-0.4, -0.2) is 70.7 Å². The maximum atomic E-state index is 12.6. The second-order valence-corrected chi connectivity index (χ2v) is 6.63. The summed E-state index contributed by atoms with van der Waals surface area (Å²) >= 11 is 0. The van der Waals surface area contributed by atoms with Gasteiger partial charge in [-0.25, -0.2) is 10.4 Å². The Hall–Kier alpha value is -2.33. The summed E-state index contributed by atoms with van der Waals surface area (Å²) in [6.07, 6.45) is 1.66. The zero-order valence-corrected chi connectivity index (χ0v) is 15.2. The Morgan fingerprint density at radius 3 is 2.54 bits per heavy atom. The molecule has 2 heterocycles. The van der Waals surface area contributed by atoms with E-state index in [4.69, 9.17) is 0 Å². The highest BCUT2D eigenvalue weighted by Gasteiger charge is 2.44. The molecule has 2 aliphatic rings. The molecule has 10 nitrogen and oxygen atoms in total. The molecule has 0 bridgehead atoms. The average molecular weight is 367 g/mol. The topological polar surface area (TPSA) is 128 Å². The van der Waals surface area contributed by atoms with Crippen molar-refractivity contribution in [3.05, 3.63) is 0 Å². The fourth-order valence-electron chi connectivity index (χ4n) is 3.25. The molecular weight excluding hydrogens is 342 g/mol. The first-order valence-corrected chi connectivity index (χ1v) is 8.66. The molecule has 10 heteroatoms. The number of carbonyl (C=O) groups excluding carboxylic acids is 5. The first-order chi connectivity index (χ1) is 12.2. The zero-order valence-electron chi connectivity index (χ0n) is 15.2. The van der Waals surface area contributed by atoms with Crippen LogP contribution in [0.5, 0.6) is 0 Å². The van der Waals surface area contributed by atoms with Gasteiger partial charge in [0.1, 0.15) is 18.4 Å². The number of aldehydes is 1. The van der Waals surface area contributed by atoms with Gasteiger partial charge < -0.3 is 15.4 Å². The van der Waals surface area contributed by atoms with Gasteiger partial charge in [0.15, 0.2) is 0 Å². The molecule has 0 radical (unpaired) electrons. The molecule has 0 spiro atoms. The van der Waals surface area contributed by atoms with Crippen molar-refractivity contribution in [2.75, 3.05) is 6.54 Å². The molecule has 4 amide bonds. The summed E-state index contributed by atoms with van der Waals surface area (Å²) in [6.45, 7) is 4.97. The predicted octanol–water partition coefficient (Wildman–Crippen LogP) is -1.73. The number of nitrogens with zero attached hydrogens (tertiary/aromatic N) is 2. The highest BCUT2D eigenvalue weighted by molar-refractivity contribution is 6.08. The van der Waals surface area contributed by atoms with Gasteiger partial charge in [-0.15, -0.1) is 0 Å². The van der Waals surface area contributed by atoms with Crippen molar-refractivity contribution in [3.8, 4) is 0 Å². The lowest BCUT2D eigenvalue weighted by atomic mass is 10.2. The van der Waals surface area contributed by atoms with Crippen LogP contribution in [0.3, 0.4) is 0 Å². The summed E-state index contributed by atoms with van der Waals surface area (Å²) in [6, 6.07) is -2.10. The second kappa shape index (κ2) is 8.37. The van der Waals surface area contributed by atoms with Gasteiger partial charge in [0, 0.05) is 13.5 Å². The van der Waals surface area contributed by atoms with E-state index < -0.39 is 36.0 Å². The van der Waals surface area contributed by atoms with E-state index in [2.05, 4.69) is 16.1 Å². The minimum atomic E-state index is -1.00. The second-order valence-electron chi connectivity index (χ2n) is 6.63. The van der Waals surface area contributed by atoms with Crippen LogP contribution in [0.15, 0.2) is 0 Å². The number of hydrazine groups is 1. The Bertz CT molecular complexity index is 610. The molecule has 2 rings (SSSR count). The first-order valence-electron chi connectivity index (χ1n) is 8.66. The van der Waals surface area contributed by atoms with Crippen LogP contribution in [-0.2, 0) is 24.0 Å². The standard InChI is InChI=1S/C16H25N5O5/c1-9(15(25)18-10(2)17-11(3)23)21-14(24)7-13(16(21)26)19-20-6-4-5-12(20)8-22/h8-10,12-13,19H,4-7H2,1-3H3,(H,17,23)(H,18,25)/t9?,10?,12-,13?/m0/s1. The number of hydrogen-bond acceptors (Lipinski definition) is 7. The van der Waals surface area contributed by atoms with Gasteiger partial charge in [0.25, 0.3) is 0 Å². The van der Waals surface area contributed by atoms with Gasteiger partial charge in [-0.05, 0) is 26.7 Å². The molecule has 0 saturated carbocycles. The van der Waals surface area contributed by atoms with E-state index in [1.807, 2.05) is 0 Å². The molecule has 3 N–H and O–H groups in total. The summed E-state index contributed by atoms with van der Waals surface area (Å²) < 4.78 is 0. The summed E-state index contributed by atoms with van der Waals surface area (Å²) in [5.41, 5.74) is 2.95. The van der Waals surface area contributed by atoms with E-state index in [9.17, 15) is 24.0 Å². The largest absolute Gasteiger partial charge is 0.337 e. The quantitative estimate of drug-likeness (QED) is 0.277. The Kier molecular flexibility index (Phi) is 6.43. The van der Waals surface area contributed by atoms with Crippen LogP contribution in [0.2, 0.25) is 0 Å². The molecule has 2 fully saturated rings. The highest BCUT2D eigenvalue weighted by atomic mass is 16.2. The number of amides is 4. The van der Waals surface area contributed by atoms with E-state index >= 15 is 0 Å². The molecule has 0 aromatic rings. The number of hydrogen-bond donors (Lipinski definition) is 3. The summed E-state index contributed by atoms with van der Waals surface area (Å²) in [4.78, 5) is 60.1. The van der Waals surface area contributed by atoms with Gasteiger partial charge in [0.05, 0.1) is 18.6 Å². The van der Waals surface area contributed by atoms with Crippen LogP contribution in [0.1, 0.15) is 40.0 Å². The number of nitrogens with one attached hydrogen (secondary N) is 3. The van der Waals surface area contributed by atoms with Crippen molar-refractivity contribution in [1.82, 2.24) is 26.0 Å². The summed E-state index contributed by atoms with van der Waals surface area (Å²) in [5.74, 6) is -1.80. The van der Waals surface area contributed by atoms with Crippen molar-refractivity contribution in [2.45, 2.75) is 64.3 Å². The number of imide groups is 1. The minimum Gasteiger partial charge on any atom is -0.337 e. The minimum absolute atomic E-state index is 0.0697. The Balaban J connectivity index is 1.97. The monoisotopic (exact) mass is 367 g/mol. The Morgan fingerprint density at radius 2 is 1.92 bits per heavy atom. The lowest BCUT2D eigenvalue weighted by molar-refractivity contribution is -0.147. The van der Waals surface area contributed by atoms with Gasteiger partial charge in [0.2, 0.25) is 23.6 Å². The van der Waals surface area contributed by atoms with E-state index in [0.717, 1.165) is 17.6 Å². The van der Waals surface area contributed by atoms with E-state index in [0.29, 0.717) is 13.0 Å². The molecule has 26 heavy (non-hydrogen) atoms. The molecule has 0 aliphatic carbocycles. The fourth-order valence-corrected chi connectivity index (χ4v) is 3.25. The maximum absolute atomic E-state index is 12.6. The average Bonchev–Trinajstić information content (AvgIpc) is 3.10. The van der Waals surface area contributed by atoms with Crippen molar-refractivity contribution in [3.63, 3.8) is 0 Å². The lowest BCUT2D eigenvalue weighted by Gasteiger charge is -2.26. The zero-order chi connectivity index (χ0) is 19.4. The fraction of sp³-hybridized carbons (Fsp3) is 0.688.